The maximum absolute atomic E-state index is 7.39. The fourth-order valence-corrected chi connectivity index (χ4v) is 2.38. The van der Waals surface area contributed by atoms with Crippen LogP contribution in [-0.2, 0) is 0 Å². The van der Waals surface area contributed by atoms with Crippen molar-refractivity contribution in [2.24, 2.45) is 10.7 Å². The summed E-state index contributed by atoms with van der Waals surface area (Å²) in [5.74, 6) is 0.878. The zero-order chi connectivity index (χ0) is 16.4. The van der Waals surface area contributed by atoms with Gasteiger partial charge in [0.25, 0.3) is 0 Å². The lowest BCUT2D eigenvalue weighted by Crippen LogP contribution is -2.06. The highest BCUT2D eigenvalue weighted by Crippen LogP contribution is 2.30. The number of aromatic nitrogens is 2. The maximum Gasteiger partial charge on any atom is 0.306 e. The number of oxazole rings is 1. The van der Waals surface area contributed by atoms with Crippen molar-refractivity contribution in [3.8, 4) is 11.3 Å². The first-order chi connectivity index (χ1) is 11.1. The Morgan fingerprint density at radius 2 is 2.09 bits per heavy atom. The van der Waals surface area contributed by atoms with Gasteiger partial charge < -0.3 is 15.6 Å². The predicted octanol–water partition coefficient (Wildman–Crippen LogP) is 3.27. The molecule has 0 unspecified atom stereocenters. The Kier molecular flexibility index (Phi) is 3.80. The zero-order valence-corrected chi connectivity index (χ0v) is 12.9. The van der Waals surface area contributed by atoms with Crippen LogP contribution in [0, 0.1) is 12.3 Å². The van der Waals surface area contributed by atoms with Crippen LogP contribution >= 0.6 is 0 Å². The number of aliphatic imine (C=N–C) groups is 1. The fourth-order valence-electron chi connectivity index (χ4n) is 2.38. The molecule has 0 saturated carbocycles. The van der Waals surface area contributed by atoms with Gasteiger partial charge in [0, 0.05) is 18.0 Å². The SMILES string of the molecule is CC(N)=N/C(=C\C=N)c1c(-c2ccc(C)cc2)nc2occn12. The zero-order valence-electron chi connectivity index (χ0n) is 12.9. The molecule has 0 amide bonds. The number of hydrogen-bond donors (Lipinski definition) is 2. The van der Waals surface area contributed by atoms with Crippen molar-refractivity contribution in [1.82, 2.24) is 9.38 Å². The van der Waals surface area contributed by atoms with E-state index in [1.165, 1.54) is 11.8 Å². The third-order valence-corrected chi connectivity index (χ3v) is 3.37. The van der Waals surface area contributed by atoms with Gasteiger partial charge >= 0.3 is 5.84 Å². The summed E-state index contributed by atoms with van der Waals surface area (Å²) in [6.07, 6.45) is 6.10. The molecule has 6 heteroatoms. The van der Waals surface area contributed by atoms with Gasteiger partial charge in [0.05, 0.1) is 11.5 Å². The second-order valence-electron chi connectivity index (χ2n) is 5.20. The Morgan fingerprint density at radius 1 is 1.35 bits per heavy atom. The average Bonchev–Trinajstić information content (AvgIpc) is 3.07. The highest BCUT2D eigenvalue weighted by Gasteiger charge is 2.19. The van der Waals surface area contributed by atoms with Gasteiger partial charge in [-0.1, -0.05) is 29.8 Å². The molecule has 6 nitrogen and oxygen atoms in total. The molecule has 3 aromatic rings. The Bertz CT molecular complexity index is 908. The molecule has 116 valence electrons. The van der Waals surface area contributed by atoms with Crippen LogP contribution in [0.2, 0.25) is 0 Å². The number of nitrogens with two attached hydrogens (primary N) is 1. The van der Waals surface area contributed by atoms with E-state index in [-0.39, 0.29) is 0 Å². The van der Waals surface area contributed by atoms with Crippen LogP contribution < -0.4 is 5.73 Å². The number of nitrogens with one attached hydrogen (secondary N) is 1. The Morgan fingerprint density at radius 3 is 2.74 bits per heavy atom. The van der Waals surface area contributed by atoms with Crippen molar-refractivity contribution in [3.63, 3.8) is 0 Å². The molecule has 0 aliphatic heterocycles. The van der Waals surface area contributed by atoms with Crippen molar-refractivity contribution in [2.75, 3.05) is 0 Å². The number of nitrogens with zero attached hydrogens (tertiary/aromatic N) is 3. The summed E-state index contributed by atoms with van der Waals surface area (Å²) in [6.45, 7) is 3.74. The Labute approximate surface area is 133 Å². The predicted molar refractivity (Wildman–Crippen MR) is 91.7 cm³/mol. The van der Waals surface area contributed by atoms with Gasteiger partial charge in [-0.25, -0.2) is 4.99 Å². The molecular weight excluding hydrogens is 290 g/mol. The molecule has 1 aromatic carbocycles. The van der Waals surface area contributed by atoms with Crippen LogP contribution in [0.4, 0.5) is 0 Å². The topological polar surface area (TPSA) is 92.7 Å². The summed E-state index contributed by atoms with van der Waals surface area (Å²) in [5.41, 5.74) is 9.90. The molecule has 2 aromatic heterocycles. The van der Waals surface area contributed by atoms with Gasteiger partial charge in [-0.05, 0) is 19.9 Å². The molecule has 0 radical (unpaired) electrons. The molecule has 23 heavy (non-hydrogen) atoms. The highest BCUT2D eigenvalue weighted by atomic mass is 16.3. The van der Waals surface area contributed by atoms with Gasteiger partial charge in [-0.3, -0.25) is 4.40 Å². The summed E-state index contributed by atoms with van der Waals surface area (Å²) in [4.78, 5) is 8.90. The number of rotatable bonds is 4. The first kappa shape index (κ1) is 14.8. The van der Waals surface area contributed by atoms with E-state index in [2.05, 4.69) is 9.98 Å². The molecule has 0 bridgehead atoms. The van der Waals surface area contributed by atoms with Crippen LogP contribution in [0.3, 0.4) is 0 Å². The van der Waals surface area contributed by atoms with Crippen LogP contribution in [0.25, 0.3) is 22.8 Å². The Balaban J connectivity index is 2.29. The lowest BCUT2D eigenvalue weighted by atomic mass is 10.1. The minimum absolute atomic E-state index is 0.409. The smallest absolute Gasteiger partial charge is 0.306 e. The summed E-state index contributed by atoms with van der Waals surface area (Å²) < 4.78 is 7.21. The second kappa shape index (κ2) is 5.92. The summed E-state index contributed by atoms with van der Waals surface area (Å²) in [6, 6.07) is 8.05. The first-order valence-electron chi connectivity index (χ1n) is 7.14. The molecule has 3 rings (SSSR count). The third kappa shape index (κ3) is 2.78. The van der Waals surface area contributed by atoms with E-state index in [0.717, 1.165) is 17.0 Å². The maximum atomic E-state index is 7.39. The van der Waals surface area contributed by atoms with Crippen molar-refractivity contribution >= 4 is 23.6 Å². The van der Waals surface area contributed by atoms with Crippen LogP contribution in [0.1, 0.15) is 18.2 Å². The third-order valence-electron chi connectivity index (χ3n) is 3.37. The molecule has 0 saturated heterocycles. The van der Waals surface area contributed by atoms with E-state index in [1.54, 1.807) is 29.9 Å². The normalized spacial score (nSPS) is 12.8. The summed E-state index contributed by atoms with van der Waals surface area (Å²) >= 11 is 0. The van der Waals surface area contributed by atoms with E-state index in [4.69, 9.17) is 15.6 Å². The Hall–Kier alpha value is -3.15. The van der Waals surface area contributed by atoms with Crippen molar-refractivity contribution in [2.45, 2.75) is 13.8 Å². The molecule has 0 aliphatic rings. The quantitative estimate of drug-likeness (QED) is 0.572. The van der Waals surface area contributed by atoms with Crippen molar-refractivity contribution in [3.05, 3.63) is 54.1 Å². The fraction of sp³-hybridized carbons (Fsp3) is 0.118. The number of aryl methyl sites for hydroxylation is 1. The minimum Gasteiger partial charge on any atom is -0.432 e. The van der Waals surface area contributed by atoms with E-state index in [9.17, 15) is 0 Å². The number of hydrogen-bond acceptors (Lipinski definition) is 4. The van der Waals surface area contributed by atoms with Gasteiger partial charge in [-0.15, -0.1) is 0 Å². The van der Waals surface area contributed by atoms with E-state index >= 15 is 0 Å². The van der Waals surface area contributed by atoms with Gasteiger partial charge in [-0.2, -0.15) is 4.98 Å². The monoisotopic (exact) mass is 307 g/mol. The molecule has 0 spiro atoms. The molecular formula is C17H17N5O. The van der Waals surface area contributed by atoms with Gasteiger partial charge in [0.1, 0.15) is 17.7 Å². The lowest BCUT2D eigenvalue weighted by Gasteiger charge is -2.05. The van der Waals surface area contributed by atoms with Crippen molar-refractivity contribution in [1.29, 1.82) is 5.41 Å². The molecule has 0 fully saturated rings. The number of fused-ring (bicyclic) bond motifs is 1. The largest absolute Gasteiger partial charge is 0.432 e. The van der Waals surface area contributed by atoms with Gasteiger partial charge in [0.2, 0.25) is 0 Å². The number of benzene rings is 1. The number of allylic oxidation sites excluding steroid dienone is 1. The summed E-state index contributed by atoms with van der Waals surface area (Å²) in [7, 11) is 0. The molecule has 0 aliphatic carbocycles. The van der Waals surface area contributed by atoms with Crippen LogP contribution in [-0.4, -0.2) is 21.4 Å². The van der Waals surface area contributed by atoms with E-state index in [0.29, 0.717) is 17.4 Å². The molecule has 3 N–H and O–H groups in total. The van der Waals surface area contributed by atoms with Crippen LogP contribution in [0.15, 0.2) is 52.2 Å². The molecule has 0 atom stereocenters. The lowest BCUT2D eigenvalue weighted by molar-refractivity contribution is 0.596. The number of amidine groups is 1. The van der Waals surface area contributed by atoms with Crippen LogP contribution in [0.5, 0.6) is 0 Å². The van der Waals surface area contributed by atoms with Gasteiger partial charge in [0.15, 0.2) is 0 Å². The minimum atomic E-state index is 0.409. The highest BCUT2D eigenvalue weighted by molar-refractivity contribution is 5.92. The molecule has 2 heterocycles. The van der Waals surface area contributed by atoms with E-state index in [1.807, 2.05) is 31.2 Å². The van der Waals surface area contributed by atoms with E-state index < -0.39 is 0 Å². The summed E-state index contributed by atoms with van der Waals surface area (Å²) in [5, 5.41) is 7.39. The van der Waals surface area contributed by atoms with Crippen molar-refractivity contribution < 1.29 is 4.42 Å². The number of imidazole rings is 1. The second-order valence-corrected chi connectivity index (χ2v) is 5.20. The average molecular weight is 307 g/mol. The standard InChI is InChI=1S/C17H17N5O/c1-11-3-5-13(6-4-11)15-16(14(7-8-18)20-12(2)19)22-9-10-23-17(22)21-15/h3-10,18H,1-2H3,(H2,19,20)/b14-7-,18-8?. The first-order valence-corrected chi connectivity index (χ1v) is 7.14.